The van der Waals surface area contributed by atoms with E-state index in [1.165, 1.54) is 16.7 Å². The largest absolute Gasteiger partial charge is 0.508 e. The van der Waals surface area contributed by atoms with Gasteiger partial charge in [-0.1, -0.05) is 12.1 Å². The fourth-order valence-corrected chi connectivity index (χ4v) is 5.28. The third-order valence-electron chi connectivity index (χ3n) is 4.73. The molecule has 0 aliphatic carbocycles. The van der Waals surface area contributed by atoms with Crippen molar-refractivity contribution < 1.29 is 18.3 Å². The molecule has 3 heterocycles. The number of nitrogens with one attached hydrogen (secondary N) is 1. The van der Waals surface area contributed by atoms with Gasteiger partial charge in [0.25, 0.3) is 5.91 Å². The SMILES string of the molecule is NC(=O)c1nc(-c2cccc(O)c2)nc2c1[nH]c(=O)n2CC1CCS(=O)(=O)C1. The number of rotatable bonds is 4. The lowest BCUT2D eigenvalue weighted by atomic mass is 10.1. The predicted octanol–water partition coefficient (Wildman–Crippen LogP) is 0.0258. The molecule has 2 aromatic heterocycles. The maximum atomic E-state index is 12.5. The summed E-state index contributed by atoms with van der Waals surface area (Å²) in [5.41, 5.74) is 5.45. The van der Waals surface area contributed by atoms with E-state index in [1.54, 1.807) is 12.1 Å². The number of amides is 1. The Morgan fingerprint density at radius 3 is 2.79 bits per heavy atom. The highest BCUT2D eigenvalue weighted by atomic mass is 32.2. The molecular weight excluding hydrogens is 386 g/mol. The number of carbonyl (C=O) groups excluding carboxylic acids is 1. The maximum absolute atomic E-state index is 12.5. The van der Waals surface area contributed by atoms with Gasteiger partial charge in [-0.3, -0.25) is 9.36 Å². The van der Waals surface area contributed by atoms with E-state index < -0.39 is 21.4 Å². The third kappa shape index (κ3) is 3.24. The average molecular weight is 403 g/mol. The summed E-state index contributed by atoms with van der Waals surface area (Å²) in [5.74, 6) is -0.874. The van der Waals surface area contributed by atoms with Crippen LogP contribution in [0.4, 0.5) is 0 Å². The minimum Gasteiger partial charge on any atom is -0.508 e. The molecule has 10 nitrogen and oxygen atoms in total. The van der Waals surface area contributed by atoms with Crippen LogP contribution in [0.2, 0.25) is 0 Å². The van der Waals surface area contributed by atoms with Crippen LogP contribution in [0, 0.1) is 5.92 Å². The first kappa shape index (κ1) is 18.2. The molecule has 4 rings (SSSR count). The van der Waals surface area contributed by atoms with Crippen LogP contribution in [0.15, 0.2) is 29.1 Å². The molecule has 1 aromatic carbocycles. The highest BCUT2D eigenvalue weighted by Gasteiger charge is 2.29. The Morgan fingerprint density at radius 2 is 2.14 bits per heavy atom. The summed E-state index contributed by atoms with van der Waals surface area (Å²) in [4.78, 5) is 35.4. The number of imidazole rings is 1. The summed E-state index contributed by atoms with van der Waals surface area (Å²) in [6, 6.07) is 6.13. The van der Waals surface area contributed by atoms with E-state index in [4.69, 9.17) is 5.73 Å². The molecule has 0 saturated carbocycles. The summed E-state index contributed by atoms with van der Waals surface area (Å²) in [6.45, 7) is 0.146. The van der Waals surface area contributed by atoms with Crippen LogP contribution in [-0.4, -0.2) is 50.5 Å². The van der Waals surface area contributed by atoms with Crippen molar-refractivity contribution in [3.05, 3.63) is 40.4 Å². The van der Waals surface area contributed by atoms with Gasteiger partial charge in [0.1, 0.15) is 11.3 Å². The predicted molar refractivity (Wildman–Crippen MR) is 101 cm³/mol. The molecule has 0 spiro atoms. The van der Waals surface area contributed by atoms with Gasteiger partial charge >= 0.3 is 5.69 Å². The summed E-state index contributed by atoms with van der Waals surface area (Å²) in [6.07, 6.45) is 0.453. The van der Waals surface area contributed by atoms with Gasteiger partial charge in [0.05, 0.1) is 11.5 Å². The van der Waals surface area contributed by atoms with Gasteiger partial charge in [-0.25, -0.2) is 23.2 Å². The van der Waals surface area contributed by atoms with Crippen molar-refractivity contribution in [1.29, 1.82) is 0 Å². The zero-order chi connectivity index (χ0) is 20.1. The molecule has 0 radical (unpaired) electrons. The van der Waals surface area contributed by atoms with E-state index in [0.717, 1.165) is 0 Å². The fourth-order valence-electron chi connectivity index (χ4n) is 3.43. The van der Waals surface area contributed by atoms with Crippen LogP contribution in [0.5, 0.6) is 5.75 Å². The smallest absolute Gasteiger partial charge is 0.327 e. The number of phenols is 1. The number of benzene rings is 1. The fraction of sp³-hybridized carbons (Fsp3) is 0.294. The highest BCUT2D eigenvalue weighted by molar-refractivity contribution is 7.91. The number of carbonyl (C=O) groups is 1. The first-order chi connectivity index (χ1) is 13.2. The van der Waals surface area contributed by atoms with Gasteiger partial charge in [0.2, 0.25) is 0 Å². The Balaban J connectivity index is 1.88. The second-order valence-electron chi connectivity index (χ2n) is 6.82. The van der Waals surface area contributed by atoms with Crippen molar-refractivity contribution in [2.75, 3.05) is 11.5 Å². The molecule has 1 atom stereocenters. The van der Waals surface area contributed by atoms with Crippen LogP contribution in [0.3, 0.4) is 0 Å². The number of primary amides is 1. The molecule has 0 bridgehead atoms. The molecule has 1 unspecified atom stereocenters. The highest BCUT2D eigenvalue weighted by Crippen LogP contribution is 2.25. The quantitative estimate of drug-likeness (QED) is 0.553. The number of nitrogens with two attached hydrogens (primary N) is 1. The number of aromatic amines is 1. The van der Waals surface area contributed by atoms with Gasteiger partial charge < -0.3 is 15.8 Å². The Labute approximate surface area is 159 Å². The van der Waals surface area contributed by atoms with Crippen molar-refractivity contribution in [3.63, 3.8) is 0 Å². The number of hydrogen-bond acceptors (Lipinski definition) is 7. The summed E-state index contributed by atoms with van der Waals surface area (Å²) in [7, 11) is -3.10. The topological polar surface area (TPSA) is 161 Å². The minimum absolute atomic E-state index is 0.000706. The number of fused-ring (bicyclic) bond motifs is 1. The minimum atomic E-state index is -3.10. The lowest BCUT2D eigenvalue weighted by Crippen LogP contribution is -2.22. The number of aromatic nitrogens is 4. The Bertz CT molecular complexity index is 1260. The summed E-state index contributed by atoms with van der Waals surface area (Å²) in [5, 5.41) is 9.70. The van der Waals surface area contributed by atoms with Crippen LogP contribution >= 0.6 is 0 Å². The number of hydrogen-bond donors (Lipinski definition) is 3. The number of H-pyrrole nitrogens is 1. The number of sulfone groups is 1. The van der Waals surface area contributed by atoms with E-state index in [2.05, 4.69) is 15.0 Å². The van der Waals surface area contributed by atoms with Crippen molar-refractivity contribution in [3.8, 4) is 17.1 Å². The molecule has 1 aliphatic heterocycles. The maximum Gasteiger partial charge on any atom is 0.327 e. The van der Waals surface area contributed by atoms with E-state index in [1.807, 2.05) is 0 Å². The molecule has 1 saturated heterocycles. The van der Waals surface area contributed by atoms with Crippen LogP contribution in [-0.2, 0) is 16.4 Å². The molecule has 146 valence electrons. The average Bonchev–Trinajstić information content (AvgIpc) is 3.13. The lowest BCUT2D eigenvalue weighted by Gasteiger charge is -2.10. The van der Waals surface area contributed by atoms with Gasteiger partial charge in [0, 0.05) is 12.1 Å². The molecule has 1 fully saturated rings. The molecular formula is C17H17N5O5S. The molecule has 28 heavy (non-hydrogen) atoms. The van der Waals surface area contributed by atoms with Gasteiger partial charge in [-0.15, -0.1) is 0 Å². The van der Waals surface area contributed by atoms with Crippen molar-refractivity contribution in [1.82, 2.24) is 19.5 Å². The first-order valence-electron chi connectivity index (χ1n) is 8.54. The summed E-state index contributed by atoms with van der Waals surface area (Å²) < 4.78 is 24.8. The van der Waals surface area contributed by atoms with E-state index in [0.29, 0.717) is 12.0 Å². The molecule has 4 N–H and O–H groups in total. The van der Waals surface area contributed by atoms with Gasteiger partial charge in [0.15, 0.2) is 27.0 Å². The molecule has 11 heteroatoms. The Kier molecular flexibility index (Phi) is 4.18. The number of phenolic OH excluding ortho intramolecular Hbond substituents is 1. The first-order valence-corrected chi connectivity index (χ1v) is 10.4. The second-order valence-corrected chi connectivity index (χ2v) is 9.05. The van der Waals surface area contributed by atoms with Crippen molar-refractivity contribution >= 4 is 26.9 Å². The Hall–Kier alpha value is -3.21. The number of nitrogens with zero attached hydrogens (tertiary/aromatic N) is 3. The van der Waals surface area contributed by atoms with Crippen LogP contribution in [0.25, 0.3) is 22.6 Å². The zero-order valence-corrected chi connectivity index (χ0v) is 15.4. The van der Waals surface area contributed by atoms with Crippen molar-refractivity contribution in [2.24, 2.45) is 11.7 Å². The third-order valence-corrected chi connectivity index (χ3v) is 6.56. The normalized spacial score (nSPS) is 18.5. The van der Waals surface area contributed by atoms with Crippen LogP contribution in [0.1, 0.15) is 16.9 Å². The molecule has 3 aromatic rings. The summed E-state index contributed by atoms with van der Waals surface area (Å²) >= 11 is 0. The van der Waals surface area contributed by atoms with Gasteiger partial charge in [-0.05, 0) is 24.5 Å². The number of aromatic hydroxyl groups is 1. The zero-order valence-electron chi connectivity index (χ0n) is 14.6. The molecule has 1 aliphatic rings. The van der Waals surface area contributed by atoms with E-state index >= 15 is 0 Å². The van der Waals surface area contributed by atoms with E-state index in [-0.39, 0.29) is 52.4 Å². The Morgan fingerprint density at radius 1 is 1.36 bits per heavy atom. The lowest BCUT2D eigenvalue weighted by molar-refractivity contribution is 0.0997. The second kappa shape index (κ2) is 6.44. The molecule has 1 amide bonds. The monoisotopic (exact) mass is 403 g/mol. The standard InChI is InChI=1S/C17H17N5O5S/c18-14(24)12-13-16(21-15(19-12)10-2-1-3-11(23)6-10)22(17(25)20-13)7-9-4-5-28(26,27)8-9/h1-3,6,9,23H,4-5,7-8H2,(H2,18,24)(H,20,25). The van der Waals surface area contributed by atoms with Crippen molar-refractivity contribution in [2.45, 2.75) is 13.0 Å². The van der Waals surface area contributed by atoms with Gasteiger partial charge in [-0.2, -0.15) is 0 Å². The van der Waals surface area contributed by atoms with Crippen LogP contribution < -0.4 is 11.4 Å². The van der Waals surface area contributed by atoms with E-state index in [9.17, 15) is 23.1 Å².